The quantitative estimate of drug-likeness (QED) is 0.357. The minimum Gasteiger partial charge on any atom is -0.361 e. The summed E-state index contributed by atoms with van der Waals surface area (Å²) in [6, 6.07) is 8.28. The van der Waals surface area contributed by atoms with E-state index < -0.39 is 8.07 Å². The third kappa shape index (κ3) is 4.26. The highest BCUT2D eigenvalue weighted by atomic mass is 35.5. The van der Waals surface area contributed by atoms with Crippen LogP contribution >= 0.6 is 11.6 Å². The van der Waals surface area contributed by atoms with E-state index in [1.54, 1.807) is 23.7 Å². The van der Waals surface area contributed by atoms with Gasteiger partial charge in [0, 0.05) is 56.7 Å². The molecule has 0 unspecified atom stereocenters. The van der Waals surface area contributed by atoms with Crippen LogP contribution in [0.15, 0.2) is 41.5 Å². The van der Waals surface area contributed by atoms with Crippen molar-refractivity contribution in [3.8, 4) is 11.1 Å². The Morgan fingerprint density at radius 3 is 2.62 bits per heavy atom. The van der Waals surface area contributed by atoms with Crippen molar-refractivity contribution in [2.75, 3.05) is 6.61 Å². The van der Waals surface area contributed by atoms with Crippen LogP contribution in [0.1, 0.15) is 0 Å². The lowest BCUT2D eigenvalue weighted by atomic mass is 10.1. The molecule has 0 aromatic carbocycles. The minimum atomic E-state index is -1.12. The fourth-order valence-corrected chi connectivity index (χ4v) is 3.66. The topological polar surface area (TPSA) is 49.0 Å². The van der Waals surface area contributed by atoms with Gasteiger partial charge in [-0.25, -0.2) is 4.98 Å². The molecule has 3 rings (SSSR count). The van der Waals surface area contributed by atoms with E-state index in [1.165, 1.54) is 0 Å². The summed E-state index contributed by atoms with van der Waals surface area (Å²) in [5.74, 6) is 0. The van der Waals surface area contributed by atoms with Gasteiger partial charge in [0.15, 0.2) is 0 Å². The molecule has 3 aromatic rings. The number of halogens is 1. The first kappa shape index (κ1) is 18.9. The van der Waals surface area contributed by atoms with Crippen LogP contribution in [0.2, 0.25) is 30.8 Å². The van der Waals surface area contributed by atoms with E-state index in [-0.39, 0.29) is 5.56 Å². The normalized spacial score (nSPS) is 12.0. The number of rotatable bonds is 6. The molecule has 7 heteroatoms. The van der Waals surface area contributed by atoms with E-state index >= 15 is 0 Å². The minimum absolute atomic E-state index is 0.0339. The lowest BCUT2D eigenvalue weighted by molar-refractivity contribution is 0.0899. The maximum atomic E-state index is 11.7. The predicted octanol–water partition coefficient (Wildman–Crippen LogP) is 4.37. The Kier molecular flexibility index (Phi) is 5.36. The van der Waals surface area contributed by atoms with Gasteiger partial charge in [0.2, 0.25) is 5.56 Å². The molecular formula is C19H24ClN3O2Si. The average molecular weight is 390 g/mol. The smallest absolute Gasteiger partial charge is 0.250 e. The van der Waals surface area contributed by atoms with Crippen molar-refractivity contribution in [1.29, 1.82) is 0 Å². The Bertz CT molecular complexity index is 989. The van der Waals surface area contributed by atoms with Crippen LogP contribution in [-0.4, -0.2) is 28.8 Å². The first-order valence-corrected chi connectivity index (χ1v) is 12.7. The van der Waals surface area contributed by atoms with Gasteiger partial charge in [-0.3, -0.25) is 4.79 Å². The molecule has 0 aliphatic rings. The van der Waals surface area contributed by atoms with Gasteiger partial charge in [-0.15, -0.1) is 0 Å². The molecule has 0 amide bonds. The van der Waals surface area contributed by atoms with Gasteiger partial charge in [0.25, 0.3) is 0 Å². The van der Waals surface area contributed by atoms with Crippen molar-refractivity contribution in [2.24, 2.45) is 7.05 Å². The Morgan fingerprint density at radius 2 is 1.92 bits per heavy atom. The molecule has 26 heavy (non-hydrogen) atoms. The number of pyridine rings is 2. The first-order valence-electron chi connectivity index (χ1n) is 8.65. The van der Waals surface area contributed by atoms with Crippen LogP contribution in [0.4, 0.5) is 0 Å². The molecule has 0 saturated heterocycles. The Labute approximate surface area is 159 Å². The van der Waals surface area contributed by atoms with Crippen molar-refractivity contribution < 1.29 is 4.74 Å². The summed E-state index contributed by atoms with van der Waals surface area (Å²) in [7, 11) is 0.629. The van der Waals surface area contributed by atoms with Gasteiger partial charge in [-0.05, 0) is 24.2 Å². The molecule has 0 saturated carbocycles. The predicted molar refractivity (Wildman–Crippen MR) is 110 cm³/mol. The number of fused-ring (bicyclic) bond motifs is 1. The Hall–Kier alpha value is -1.89. The Balaban J connectivity index is 1.95. The lowest BCUT2D eigenvalue weighted by Gasteiger charge is -2.15. The lowest BCUT2D eigenvalue weighted by Crippen LogP contribution is -2.22. The highest BCUT2D eigenvalue weighted by molar-refractivity contribution is 6.76. The number of ether oxygens (including phenoxy) is 1. The van der Waals surface area contributed by atoms with Crippen molar-refractivity contribution >= 4 is 30.7 Å². The molecule has 0 aliphatic carbocycles. The fourth-order valence-electron chi connectivity index (χ4n) is 2.76. The fraction of sp³-hybridized carbons (Fsp3) is 0.368. The van der Waals surface area contributed by atoms with Gasteiger partial charge < -0.3 is 13.9 Å². The molecule has 0 bridgehead atoms. The third-order valence-electron chi connectivity index (χ3n) is 4.31. The highest BCUT2D eigenvalue weighted by Gasteiger charge is 2.15. The molecule has 0 fully saturated rings. The molecular weight excluding hydrogens is 366 g/mol. The van der Waals surface area contributed by atoms with E-state index in [1.807, 2.05) is 29.1 Å². The number of hydrogen-bond acceptors (Lipinski definition) is 3. The standard InChI is InChI=1S/C19H24ClN3O2Si/c1-22-11-14(5-8-18(22)24)16-12-23(13-25-9-10-26(2,3)4)19-15(16)6-7-17(20)21-19/h5-8,11-12H,9-10,13H2,1-4H3. The molecule has 0 spiro atoms. The molecule has 0 N–H and O–H groups in total. The summed E-state index contributed by atoms with van der Waals surface area (Å²) < 4.78 is 9.45. The third-order valence-corrected chi connectivity index (χ3v) is 6.23. The maximum Gasteiger partial charge on any atom is 0.250 e. The van der Waals surface area contributed by atoms with Crippen LogP contribution in [0.5, 0.6) is 0 Å². The summed E-state index contributed by atoms with van der Waals surface area (Å²) in [5.41, 5.74) is 2.72. The second-order valence-electron chi connectivity index (χ2n) is 7.73. The maximum absolute atomic E-state index is 11.7. The van der Waals surface area contributed by atoms with Gasteiger partial charge in [-0.1, -0.05) is 31.2 Å². The zero-order valence-corrected chi connectivity index (χ0v) is 17.4. The number of hydrogen-bond donors (Lipinski definition) is 0. The van der Waals surface area contributed by atoms with Crippen molar-refractivity contribution in [3.05, 3.63) is 52.2 Å². The van der Waals surface area contributed by atoms with Gasteiger partial charge in [0.1, 0.15) is 17.5 Å². The van der Waals surface area contributed by atoms with Crippen LogP contribution in [0, 0.1) is 0 Å². The van der Waals surface area contributed by atoms with Gasteiger partial charge >= 0.3 is 0 Å². The van der Waals surface area contributed by atoms with E-state index in [9.17, 15) is 4.79 Å². The monoisotopic (exact) mass is 389 g/mol. The molecule has 3 aromatic heterocycles. The van der Waals surface area contributed by atoms with Gasteiger partial charge in [-0.2, -0.15) is 0 Å². The van der Waals surface area contributed by atoms with Crippen LogP contribution in [0.25, 0.3) is 22.2 Å². The van der Waals surface area contributed by atoms with Crippen molar-refractivity contribution in [3.63, 3.8) is 0 Å². The zero-order chi connectivity index (χ0) is 18.9. The number of nitrogens with zero attached hydrogens (tertiary/aromatic N) is 3. The van der Waals surface area contributed by atoms with Crippen LogP contribution in [0.3, 0.4) is 0 Å². The first-order chi connectivity index (χ1) is 12.2. The van der Waals surface area contributed by atoms with E-state index in [0.29, 0.717) is 11.9 Å². The molecule has 0 radical (unpaired) electrons. The van der Waals surface area contributed by atoms with Crippen LogP contribution in [-0.2, 0) is 18.5 Å². The molecule has 0 atom stereocenters. The second-order valence-corrected chi connectivity index (χ2v) is 13.7. The molecule has 5 nitrogen and oxygen atoms in total. The summed E-state index contributed by atoms with van der Waals surface area (Å²) in [6.45, 7) is 8.17. The summed E-state index contributed by atoms with van der Waals surface area (Å²) >= 11 is 6.11. The number of aromatic nitrogens is 3. The largest absolute Gasteiger partial charge is 0.361 e. The molecule has 138 valence electrons. The van der Waals surface area contributed by atoms with E-state index in [2.05, 4.69) is 24.6 Å². The molecule has 3 heterocycles. The zero-order valence-electron chi connectivity index (χ0n) is 15.6. The number of aryl methyl sites for hydroxylation is 1. The van der Waals surface area contributed by atoms with Crippen molar-refractivity contribution in [2.45, 2.75) is 32.4 Å². The Morgan fingerprint density at radius 1 is 1.15 bits per heavy atom. The molecule has 0 aliphatic heterocycles. The van der Waals surface area contributed by atoms with Crippen LogP contribution < -0.4 is 5.56 Å². The van der Waals surface area contributed by atoms with Gasteiger partial charge in [0.05, 0.1) is 0 Å². The van der Waals surface area contributed by atoms with Crippen molar-refractivity contribution in [1.82, 2.24) is 14.1 Å². The van der Waals surface area contributed by atoms with E-state index in [4.69, 9.17) is 16.3 Å². The highest BCUT2D eigenvalue weighted by Crippen LogP contribution is 2.30. The SMILES string of the molecule is Cn1cc(-c2cn(COCC[Si](C)(C)C)c3nc(Cl)ccc23)ccc1=O. The summed E-state index contributed by atoms with van der Waals surface area (Å²) in [4.78, 5) is 16.2. The summed E-state index contributed by atoms with van der Waals surface area (Å²) in [5, 5.41) is 1.44. The second kappa shape index (κ2) is 7.38. The summed E-state index contributed by atoms with van der Waals surface area (Å²) in [6.07, 6.45) is 3.85. The van der Waals surface area contributed by atoms with E-state index in [0.717, 1.165) is 34.8 Å². The average Bonchev–Trinajstić information content (AvgIpc) is 2.91.